The number of amides is 1. The van der Waals surface area contributed by atoms with E-state index in [2.05, 4.69) is 5.32 Å². The van der Waals surface area contributed by atoms with Gasteiger partial charge in [0, 0.05) is 12.6 Å². The molecule has 0 aliphatic rings. The van der Waals surface area contributed by atoms with Crippen LogP contribution in [-0.4, -0.2) is 36.9 Å². The van der Waals surface area contributed by atoms with E-state index in [-0.39, 0.29) is 25.2 Å². The van der Waals surface area contributed by atoms with Gasteiger partial charge in [0.1, 0.15) is 0 Å². The molecule has 0 radical (unpaired) electrons. The van der Waals surface area contributed by atoms with Crippen molar-refractivity contribution in [3.05, 3.63) is 24.3 Å². The van der Waals surface area contributed by atoms with Crippen molar-refractivity contribution in [1.29, 1.82) is 0 Å². The fourth-order valence-electron chi connectivity index (χ4n) is 1.79. The van der Waals surface area contributed by atoms with Crippen LogP contribution in [0.5, 0.6) is 11.5 Å². The standard InChI is InChI=1S/C15H23NO4/c1-3-12(9-10-17)16-15(18)11-20-14-8-6-5-7-13(14)19-4-2/h5-8,12,17H,3-4,9-11H2,1-2H3,(H,16,18). The number of ether oxygens (including phenoxy) is 2. The Kier molecular flexibility index (Phi) is 7.50. The first kappa shape index (κ1) is 16.3. The molecule has 0 aromatic heterocycles. The van der Waals surface area contributed by atoms with Gasteiger partial charge in [-0.15, -0.1) is 0 Å². The fraction of sp³-hybridized carbons (Fsp3) is 0.533. The van der Waals surface area contributed by atoms with Gasteiger partial charge in [0.25, 0.3) is 5.91 Å². The maximum absolute atomic E-state index is 11.8. The minimum absolute atomic E-state index is 0.0155. The first-order valence-electron chi connectivity index (χ1n) is 6.96. The number of para-hydroxylation sites is 2. The van der Waals surface area contributed by atoms with Crippen LogP contribution >= 0.6 is 0 Å². The number of carbonyl (C=O) groups is 1. The lowest BCUT2D eigenvalue weighted by molar-refractivity contribution is -0.123. The molecule has 2 N–H and O–H groups in total. The summed E-state index contributed by atoms with van der Waals surface area (Å²) in [6.07, 6.45) is 1.33. The Bertz CT molecular complexity index is 409. The molecule has 0 aliphatic heterocycles. The van der Waals surface area contributed by atoms with Gasteiger partial charge in [-0.1, -0.05) is 19.1 Å². The van der Waals surface area contributed by atoms with Gasteiger partial charge in [0.15, 0.2) is 18.1 Å². The Labute approximate surface area is 119 Å². The van der Waals surface area contributed by atoms with Gasteiger partial charge < -0.3 is 19.9 Å². The molecule has 1 amide bonds. The second kappa shape index (κ2) is 9.20. The number of nitrogens with one attached hydrogen (secondary N) is 1. The van der Waals surface area contributed by atoms with Crippen LogP contribution in [0.15, 0.2) is 24.3 Å². The van der Waals surface area contributed by atoms with Crippen LogP contribution in [0, 0.1) is 0 Å². The van der Waals surface area contributed by atoms with Crippen LogP contribution in [-0.2, 0) is 4.79 Å². The number of rotatable bonds is 9. The molecule has 0 saturated heterocycles. The lowest BCUT2D eigenvalue weighted by Gasteiger charge is -2.16. The lowest BCUT2D eigenvalue weighted by Crippen LogP contribution is -2.38. The summed E-state index contributed by atoms with van der Waals surface area (Å²) in [5, 5.41) is 11.7. The molecular formula is C15H23NO4. The Balaban J connectivity index is 2.48. The van der Waals surface area contributed by atoms with E-state index in [9.17, 15) is 4.79 Å². The molecule has 5 nitrogen and oxygen atoms in total. The van der Waals surface area contributed by atoms with E-state index in [0.717, 1.165) is 6.42 Å². The molecule has 0 saturated carbocycles. The van der Waals surface area contributed by atoms with Crippen molar-refractivity contribution < 1.29 is 19.4 Å². The molecular weight excluding hydrogens is 258 g/mol. The molecule has 0 bridgehead atoms. The summed E-state index contributed by atoms with van der Waals surface area (Å²) >= 11 is 0. The quantitative estimate of drug-likeness (QED) is 0.723. The molecule has 0 fully saturated rings. The molecule has 20 heavy (non-hydrogen) atoms. The van der Waals surface area contributed by atoms with Crippen LogP contribution < -0.4 is 14.8 Å². The number of carbonyl (C=O) groups excluding carboxylic acids is 1. The Hall–Kier alpha value is -1.75. The largest absolute Gasteiger partial charge is 0.490 e. The summed E-state index contributed by atoms with van der Waals surface area (Å²) < 4.78 is 10.9. The third-order valence-corrected chi connectivity index (χ3v) is 2.84. The molecule has 112 valence electrons. The maximum Gasteiger partial charge on any atom is 0.258 e. The molecule has 1 atom stereocenters. The number of benzene rings is 1. The average Bonchev–Trinajstić information content (AvgIpc) is 2.46. The molecule has 1 aromatic carbocycles. The van der Waals surface area contributed by atoms with Gasteiger partial charge in [0.2, 0.25) is 0 Å². The maximum atomic E-state index is 11.8. The Morgan fingerprint density at radius 3 is 2.45 bits per heavy atom. The average molecular weight is 281 g/mol. The van der Waals surface area contributed by atoms with Gasteiger partial charge in [-0.05, 0) is 31.9 Å². The third kappa shape index (κ3) is 5.48. The zero-order valence-electron chi connectivity index (χ0n) is 12.1. The van der Waals surface area contributed by atoms with Crippen LogP contribution in [0.4, 0.5) is 0 Å². The van der Waals surface area contributed by atoms with Crippen molar-refractivity contribution >= 4 is 5.91 Å². The zero-order valence-corrected chi connectivity index (χ0v) is 12.1. The predicted octanol–water partition coefficient (Wildman–Crippen LogP) is 1.74. The molecule has 1 unspecified atom stereocenters. The zero-order chi connectivity index (χ0) is 14.8. The van der Waals surface area contributed by atoms with Crippen LogP contribution in [0.2, 0.25) is 0 Å². The number of aliphatic hydroxyl groups is 1. The minimum atomic E-state index is -0.198. The molecule has 1 aromatic rings. The first-order chi connectivity index (χ1) is 9.71. The minimum Gasteiger partial charge on any atom is -0.490 e. The summed E-state index contributed by atoms with van der Waals surface area (Å²) in [5.74, 6) is 0.988. The highest BCUT2D eigenvalue weighted by molar-refractivity contribution is 5.77. The van der Waals surface area contributed by atoms with Gasteiger partial charge in [-0.3, -0.25) is 4.79 Å². The Morgan fingerprint density at radius 1 is 1.25 bits per heavy atom. The lowest BCUT2D eigenvalue weighted by atomic mass is 10.1. The van der Waals surface area contributed by atoms with E-state index in [1.54, 1.807) is 12.1 Å². The monoisotopic (exact) mass is 281 g/mol. The summed E-state index contributed by atoms with van der Waals surface area (Å²) in [5.41, 5.74) is 0. The van der Waals surface area contributed by atoms with E-state index in [1.807, 2.05) is 26.0 Å². The molecule has 0 heterocycles. The third-order valence-electron chi connectivity index (χ3n) is 2.84. The van der Waals surface area contributed by atoms with Crippen LogP contribution in [0.3, 0.4) is 0 Å². The molecule has 0 aliphatic carbocycles. The highest BCUT2D eigenvalue weighted by Gasteiger charge is 2.11. The van der Waals surface area contributed by atoms with Crippen molar-refractivity contribution in [1.82, 2.24) is 5.32 Å². The predicted molar refractivity (Wildman–Crippen MR) is 77.0 cm³/mol. The topological polar surface area (TPSA) is 67.8 Å². The normalized spacial score (nSPS) is 11.8. The fourth-order valence-corrected chi connectivity index (χ4v) is 1.79. The summed E-state index contributed by atoms with van der Waals surface area (Å²) in [7, 11) is 0. The SMILES string of the molecule is CCOc1ccccc1OCC(=O)NC(CC)CCO. The van der Waals surface area contributed by atoms with Gasteiger partial charge in [0.05, 0.1) is 6.61 Å². The highest BCUT2D eigenvalue weighted by Crippen LogP contribution is 2.26. The van der Waals surface area contributed by atoms with E-state index < -0.39 is 0 Å². The van der Waals surface area contributed by atoms with Crippen molar-refractivity contribution in [2.45, 2.75) is 32.7 Å². The van der Waals surface area contributed by atoms with Crippen molar-refractivity contribution in [2.75, 3.05) is 19.8 Å². The van der Waals surface area contributed by atoms with Gasteiger partial charge in [-0.2, -0.15) is 0 Å². The summed E-state index contributed by atoms with van der Waals surface area (Å²) in [6.45, 7) is 4.40. The Morgan fingerprint density at radius 2 is 1.90 bits per heavy atom. The van der Waals surface area contributed by atoms with Crippen LogP contribution in [0.1, 0.15) is 26.7 Å². The summed E-state index contributed by atoms with van der Waals surface area (Å²) in [6, 6.07) is 7.24. The number of hydrogen-bond acceptors (Lipinski definition) is 4. The van der Waals surface area contributed by atoms with E-state index >= 15 is 0 Å². The van der Waals surface area contributed by atoms with Crippen LogP contribution in [0.25, 0.3) is 0 Å². The van der Waals surface area contributed by atoms with Gasteiger partial charge in [-0.25, -0.2) is 0 Å². The van der Waals surface area contributed by atoms with Crippen molar-refractivity contribution in [2.24, 2.45) is 0 Å². The molecule has 0 spiro atoms. The summed E-state index contributed by atoms with van der Waals surface area (Å²) in [4.78, 5) is 11.8. The van der Waals surface area contributed by atoms with Gasteiger partial charge >= 0.3 is 0 Å². The number of hydrogen-bond donors (Lipinski definition) is 2. The van der Waals surface area contributed by atoms with E-state index in [1.165, 1.54) is 0 Å². The molecule has 5 heteroatoms. The highest BCUT2D eigenvalue weighted by atomic mass is 16.5. The molecule has 1 rings (SSSR count). The van der Waals surface area contributed by atoms with E-state index in [4.69, 9.17) is 14.6 Å². The second-order valence-electron chi connectivity index (χ2n) is 4.35. The van der Waals surface area contributed by atoms with Crippen molar-refractivity contribution in [3.8, 4) is 11.5 Å². The smallest absolute Gasteiger partial charge is 0.258 e. The first-order valence-corrected chi connectivity index (χ1v) is 6.96. The second-order valence-corrected chi connectivity index (χ2v) is 4.35. The van der Waals surface area contributed by atoms with Crippen molar-refractivity contribution in [3.63, 3.8) is 0 Å². The van der Waals surface area contributed by atoms with E-state index in [0.29, 0.717) is 24.5 Å². The number of aliphatic hydroxyl groups excluding tert-OH is 1.